The molecule has 1 aliphatic rings. The van der Waals surface area contributed by atoms with Gasteiger partial charge in [-0.15, -0.1) is 0 Å². The zero-order chi connectivity index (χ0) is 9.71. The molecule has 2 nitrogen and oxygen atoms in total. The highest BCUT2D eigenvalue weighted by Gasteiger charge is 2.20. The number of amides is 1. The molecule has 0 aromatic heterocycles. The molecule has 2 heteroatoms. The van der Waals surface area contributed by atoms with Crippen LogP contribution in [0.5, 0.6) is 0 Å². The van der Waals surface area contributed by atoms with Crippen LogP contribution in [-0.4, -0.2) is 5.91 Å². The third-order valence-corrected chi connectivity index (χ3v) is 2.75. The van der Waals surface area contributed by atoms with Crippen molar-refractivity contribution in [3.63, 3.8) is 0 Å². The number of aryl methyl sites for hydroxylation is 1. The van der Waals surface area contributed by atoms with Crippen LogP contribution in [0.25, 0.3) is 10.8 Å². The van der Waals surface area contributed by atoms with Crippen molar-refractivity contribution in [2.24, 2.45) is 0 Å². The number of nitrogens with one attached hydrogen (secondary N) is 1. The number of hydrogen-bond donors (Lipinski definition) is 1. The van der Waals surface area contributed by atoms with E-state index in [1.807, 2.05) is 24.3 Å². The zero-order valence-electron chi connectivity index (χ0n) is 7.79. The van der Waals surface area contributed by atoms with E-state index in [0.29, 0.717) is 0 Å². The van der Waals surface area contributed by atoms with Crippen LogP contribution in [0.2, 0.25) is 0 Å². The second-order valence-corrected chi connectivity index (χ2v) is 3.61. The lowest BCUT2D eigenvalue weighted by Crippen LogP contribution is -2.03. The maximum atomic E-state index is 11.5. The Morgan fingerprint density at radius 1 is 1.14 bits per heavy atom. The summed E-state index contributed by atoms with van der Waals surface area (Å²) in [5.41, 5.74) is 2.94. The van der Waals surface area contributed by atoms with Gasteiger partial charge < -0.3 is 5.32 Å². The molecule has 68 valence electrons. The molecule has 1 amide bonds. The summed E-state index contributed by atoms with van der Waals surface area (Å²) < 4.78 is 0. The Morgan fingerprint density at radius 2 is 2.00 bits per heavy atom. The Bertz CT molecular complexity index is 557. The smallest absolute Gasteiger partial charge is 0.256 e. The maximum Gasteiger partial charge on any atom is 0.256 e. The minimum Gasteiger partial charge on any atom is -0.321 e. The molecular weight excluding hydrogens is 174 g/mol. The highest BCUT2D eigenvalue weighted by Crippen LogP contribution is 2.34. The fraction of sp³-hybridized carbons (Fsp3) is 0.0833. The van der Waals surface area contributed by atoms with Crippen LogP contribution in [0.1, 0.15) is 15.9 Å². The maximum absolute atomic E-state index is 11.5. The van der Waals surface area contributed by atoms with E-state index >= 15 is 0 Å². The monoisotopic (exact) mass is 183 g/mol. The molecule has 3 rings (SSSR count). The molecule has 0 spiro atoms. The van der Waals surface area contributed by atoms with Gasteiger partial charge in [0.2, 0.25) is 0 Å². The van der Waals surface area contributed by atoms with Gasteiger partial charge in [0.1, 0.15) is 0 Å². The minimum atomic E-state index is 0.0104. The number of anilines is 1. The summed E-state index contributed by atoms with van der Waals surface area (Å²) in [6.45, 7) is 2.06. The molecule has 1 N–H and O–H groups in total. The molecule has 0 bridgehead atoms. The number of hydrogen-bond acceptors (Lipinski definition) is 1. The number of rotatable bonds is 0. The predicted octanol–water partition coefficient (Wildman–Crippen LogP) is 2.71. The molecule has 0 fully saturated rings. The summed E-state index contributed by atoms with van der Waals surface area (Å²) in [5, 5.41) is 5.09. The molecule has 0 saturated carbocycles. The van der Waals surface area contributed by atoms with E-state index in [0.717, 1.165) is 16.6 Å². The van der Waals surface area contributed by atoms with Crippen LogP contribution in [0, 0.1) is 6.92 Å². The van der Waals surface area contributed by atoms with E-state index in [-0.39, 0.29) is 5.91 Å². The van der Waals surface area contributed by atoms with Crippen LogP contribution in [0.4, 0.5) is 5.69 Å². The van der Waals surface area contributed by atoms with Gasteiger partial charge in [0.15, 0.2) is 0 Å². The lowest BCUT2D eigenvalue weighted by Gasteiger charge is -2.02. The first-order valence-corrected chi connectivity index (χ1v) is 4.61. The van der Waals surface area contributed by atoms with Crippen molar-refractivity contribution in [1.82, 2.24) is 0 Å². The quantitative estimate of drug-likeness (QED) is 0.668. The number of carbonyl (C=O) groups excluding carboxylic acids is 1. The van der Waals surface area contributed by atoms with Gasteiger partial charge in [-0.1, -0.05) is 18.2 Å². The molecule has 0 aliphatic carbocycles. The average Bonchev–Trinajstić information content (AvgIpc) is 2.52. The van der Waals surface area contributed by atoms with Crippen LogP contribution >= 0.6 is 0 Å². The summed E-state index contributed by atoms with van der Waals surface area (Å²) in [7, 11) is 0. The Hall–Kier alpha value is -1.83. The van der Waals surface area contributed by atoms with Gasteiger partial charge in [-0.3, -0.25) is 4.79 Å². The third kappa shape index (κ3) is 0.777. The molecule has 1 aliphatic heterocycles. The van der Waals surface area contributed by atoms with Crippen molar-refractivity contribution in [3.8, 4) is 0 Å². The summed E-state index contributed by atoms with van der Waals surface area (Å²) in [6, 6.07) is 9.85. The molecule has 0 saturated heterocycles. The zero-order valence-corrected chi connectivity index (χ0v) is 7.79. The van der Waals surface area contributed by atoms with Crippen LogP contribution in [0.15, 0.2) is 30.3 Å². The van der Waals surface area contributed by atoms with E-state index in [1.165, 1.54) is 10.9 Å². The van der Waals surface area contributed by atoms with Crippen molar-refractivity contribution < 1.29 is 4.79 Å². The van der Waals surface area contributed by atoms with E-state index in [2.05, 4.69) is 18.3 Å². The van der Waals surface area contributed by atoms with Gasteiger partial charge in [-0.25, -0.2) is 0 Å². The molecule has 1 heterocycles. The first-order chi connectivity index (χ1) is 6.77. The standard InChI is InChI=1S/C12H9NO/c1-7-5-6-10-11-8(7)3-2-4-9(11)12(14)13-10/h2-6H,1H3,(H,13,14). The van der Waals surface area contributed by atoms with Crippen molar-refractivity contribution in [1.29, 1.82) is 0 Å². The summed E-state index contributed by atoms with van der Waals surface area (Å²) in [6.07, 6.45) is 0. The first-order valence-electron chi connectivity index (χ1n) is 4.61. The summed E-state index contributed by atoms with van der Waals surface area (Å²) >= 11 is 0. The fourth-order valence-corrected chi connectivity index (χ4v) is 2.04. The summed E-state index contributed by atoms with van der Waals surface area (Å²) in [4.78, 5) is 11.5. The molecular formula is C12H9NO. The Kier molecular flexibility index (Phi) is 1.27. The van der Waals surface area contributed by atoms with Crippen molar-refractivity contribution in [3.05, 3.63) is 41.5 Å². The van der Waals surface area contributed by atoms with Gasteiger partial charge in [-0.2, -0.15) is 0 Å². The highest BCUT2D eigenvalue weighted by atomic mass is 16.1. The molecule has 2 aromatic carbocycles. The Balaban J connectivity index is 2.58. The van der Waals surface area contributed by atoms with Gasteiger partial charge in [0.25, 0.3) is 5.91 Å². The predicted molar refractivity (Wildman–Crippen MR) is 56.6 cm³/mol. The van der Waals surface area contributed by atoms with Crippen molar-refractivity contribution in [2.45, 2.75) is 6.92 Å². The van der Waals surface area contributed by atoms with Crippen molar-refractivity contribution >= 4 is 22.4 Å². The molecule has 0 atom stereocenters. The molecule has 14 heavy (non-hydrogen) atoms. The van der Waals surface area contributed by atoms with Crippen LogP contribution in [0.3, 0.4) is 0 Å². The SMILES string of the molecule is Cc1ccc2c3c(cccc13)C(=O)N2. The highest BCUT2D eigenvalue weighted by molar-refractivity contribution is 6.24. The lowest BCUT2D eigenvalue weighted by atomic mass is 10.0. The number of carbonyl (C=O) groups is 1. The van der Waals surface area contributed by atoms with Gasteiger partial charge in [0.05, 0.1) is 0 Å². The van der Waals surface area contributed by atoms with Gasteiger partial charge >= 0.3 is 0 Å². The third-order valence-electron chi connectivity index (χ3n) is 2.75. The van der Waals surface area contributed by atoms with Crippen LogP contribution < -0.4 is 5.32 Å². The fourth-order valence-electron chi connectivity index (χ4n) is 2.04. The molecule has 0 radical (unpaired) electrons. The van der Waals surface area contributed by atoms with E-state index < -0.39 is 0 Å². The molecule has 2 aromatic rings. The Morgan fingerprint density at radius 3 is 2.86 bits per heavy atom. The van der Waals surface area contributed by atoms with E-state index in [1.54, 1.807) is 0 Å². The van der Waals surface area contributed by atoms with E-state index in [4.69, 9.17) is 0 Å². The topological polar surface area (TPSA) is 29.1 Å². The molecule has 0 unspecified atom stereocenters. The Labute approximate surface area is 81.5 Å². The van der Waals surface area contributed by atoms with Crippen LogP contribution in [-0.2, 0) is 0 Å². The van der Waals surface area contributed by atoms with E-state index in [9.17, 15) is 4.79 Å². The normalized spacial score (nSPS) is 13.4. The second kappa shape index (κ2) is 2.35. The van der Waals surface area contributed by atoms with Gasteiger partial charge in [0, 0.05) is 16.6 Å². The number of benzene rings is 2. The lowest BCUT2D eigenvalue weighted by molar-refractivity contribution is 0.103. The largest absolute Gasteiger partial charge is 0.321 e. The summed E-state index contributed by atoms with van der Waals surface area (Å²) in [5.74, 6) is 0.0104. The second-order valence-electron chi connectivity index (χ2n) is 3.61. The minimum absolute atomic E-state index is 0.0104. The van der Waals surface area contributed by atoms with Crippen molar-refractivity contribution in [2.75, 3.05) is 5.32 Å². The first kappa shape index (κ1) is 7.56. The van der Waals surface area contributed by atoms with Gasteiger partial charge in [-0.05, 0) is 30.0 Å². The average molecular weight is 183 g/mol.